The van der Waals surface area contributed by atoms with Crippen molar-refractivity contribution in [3.63, 3.8) is 0 Å². The zero-order chi connectivity index (χ0) is 15.1. The van der Waals surface area contributed by atoms with Crippen LogP contribution in [0.5, 0.6) is 0 Å². The molecule has 0 aromatic heterocycles. The predicted octanol–water partition coefficient (Wildman–Crippen LogP) is 2.43. The van der Waals surface area contributed by atoms with E-state index in [0.29, 0.717) is 6.61 Å². The van der Waals surface area contributed by atoms with Crippen LogP contribution in [0.15, 0.2) is 0 Å². The minimum Gasteiger partial charge on any atom is -0.465 e. The van der Waals surface area contributed by atoms with Crippen molar-refractivity contribution < 1.29 is 9.53 Å². The van der Waals surface area contributed by atoms with Crippen LogP contribution < -0.4 is 5.32 Å². The lowest BCUT2D eigenvalue weighted by Crippen LogP contribution is -2.49. The number of nitrogens with zero attached hydrogens (tertiary/aromatic N) is 1. The molecule has 4 nitrogen and oxygen atoms in total. The first-order chi connectivity index (χ1) is 8.73. The summed E-state index contributed by atoms with van der Waals surface area (Å²) in [6.07, 6.45) is 2.87. The van der Waals surface area contributed by atoms with E-state index in [9.17, 15) is 4.79 Å². The van der Waals surface area contributed by atoms with Crippen molar-refractivity contribution in [1.29, 1.82) is 0 Å². The van der Waals surface area contributed by atoms with E-state index in [2.05, 4.69) is 38.0 Å². The van der Waals surface area contributed by atoms with E-state index < -0.39 is 5.54 Å². The van der Waals surface area contributed by atoms with Gasteiger partial charge in [0.2, 0.25) is 0 Å². The molecule has 0 bridgehead atoms. The molecule has 0 aliphatic rings. The van der Waals surface area contributed by atoms with Crippen LogP contribution in [0.1, 0.15) is 53.9 Å². The number of esters is 1. The fraction of sp³-hybridized carbons (Fsp3) is 0.933. The predicted molar refractivity (Wildman–Crippen MR) is 80.3 cm³/mol. The van der Waals surface area contributed by atoms with Gasteiger partial charge in [0.25, 0.3) is 0 Å². The van der Waals surface area contributed by atoms with Gasteiger partial charge in [-0.2, -0.15) is 0 Å². The number of nitrogens with one attached hydrogen (secondary N) is 1. The minimum absolute atomic E-state index is 0.157. The summed E-state index contributed by atoms with van der Waals surface area (Å²) in [5.74, 6) is -0.157. The van der Waals surface area contributed by atoms with Crippen molar-refractivity contribution in [3.8, 4) is 0 Å². The average Bonchev–Trinajstić information content (AvgIpc) is 2.38. The second-order valence-electron chi connectivity index (χ2n) is 5.99. The van der Waals surface area contributed by atoms with E-state index in [1.165, 1.54) is 0 Å². The number of carbonyl (C=O) groups excluding carboxylic acids is 1. The van der Waals surface area contributed by atoms with Crippen LogP contribution in [0.2, 0.25) is 0 Å². The lowest BCUT2D eigenvalue weighted by molar-refractivity contribution is -0.150. The molecule has 1 N–H and O–H groups in total. The first kappa shape index (κ1) is 18.4. The lowest BCUT2D eigenvalue weighted by atomic mass is 9.94. The minimum atomic E-state index is -0.576. The third kappa shape index (κ3) is 5.49. The first-order valence-electron chi connectivity index (χ1n) is 7.31. The van der Waals surface area contributed by atoms with E-state index in [1.54, 1.807) is 0 Å². The molecule has 1 unspecified atom stereocenters. The summed E-state index contributed by atoms with van der Waals surface area (Å²) >= 11 is 0. The number of likely N-dealkylation sites (N-methyl/N-ethyl adjacent to an activating group) is 1. The van der Waals surface area contributed by atoms with E-state index in [0.717, 1.165) is 25.8 Å². The van der Waals surface area contributed by atoms with Gasteiger partial charge in [0, 0.05) is 5.54 Å². The van der Waals surface area contributed by atoms with E-state index in [1.807, 2.05) is 20.9 Å². The topological polar surface area (TPSA) is 41.6 Å². The van der Waals surface area contributed by atoms with Crippen molar-refractivity contribution in [1.82, 2.24) is 10.2 Å². The normalized spacial score (nSPS) is 15.4. The highest BCUT2D eigenvalue weighted by Crippen LogP contribution is 2.19. The van der Waals surface area contributed by atoms with Crippen LogP contribution in [0.25, 0.3) is 0 Å². The van der Waals surface area contributed by atoms with Crippen LogP contribution in [0, 0.1) is 0 Å². The van der Waals surface area contributed by atoms with Gasteiger partial charge in [-0.25, -0.2) is 0 Å². The molecule has 0 saturated carbocycles. The van der Waals surface area contributed by atoms with E-state index in [4.69, 9.17) is 4.74 Å². The monoisotopic (exact) mass is 272 g/mol. The maximum Gasteiger partial charge on any atom is 0.326 e. The van der Waals surface area contributed by atoms with Crippen LogP contribution in [-0.2, 0) is 9.53 Å². The van der Waals surface area contributed by atoms with Crippen molar-refractivity contribution in [2.75, 3.05) is 27.2 Å². The Morgan fingerprint density at radius 3 is 2.26 bits per heavy atom. The highest BCUT2D eigenvalue weighted by atomic mass is 16.5. The van der Waals surface area contributed by atoms with Gasteiger partial charge >= 0.3 is 5.97 Å². The number of hydrogen-bond donors (Lipinski definition) is 1. The molecule has 0 saturated heterocycles. The molecule has 0 heterocycles. The van der Waals surface area contributed by atoms with Crippen LogP contribution in [0.4, 0.5) is 0 Å². The second kappa shape index (κ2) is 7.85. The fourth-order valence-corrected chi connectivity index (χ4v) is 1.86. The summed E-state index contributed by atoms with van der Waals surface area (Å²) in [5, 5.41) is 3.10. The summed E-state index contributed by atoms with van der Waals surface area (Å²) in [7, 11) is 3.96. The Balaban J connectivity index is 4.33. The SMILES string of the molecule is CCOC(=O)C(C)(CCCN(C)C(C)(C)CC)NC. The fourth-order valence-electron chi connectivity index (χ4n) is 1.86. The average molecular weight is 272 g/mol. The summed E-state index contributed by atoms with van der Waals surface area (Å²) in [6.45, 7) is 11.9. The molecule has 0 amide bonds. The molecule has 1 atom stereocenters. The third-order valence-corrected chi connectivity index (χ3v) is 4.35. The van der Waals surface area contributed by atoms with E-state index >= 15 is 0 Å². The molecule has 0 aliphatic heterocycles. The molecular weight excluding hydrogens is 240 g/mol. The van der Waals surface area contributed by atoms with Gasteiger partial charge in [0.15, 0.2) is 0 Å². The second-order valence-corrected chi connectivity index (χ2v) is 5.99. The largest absolute Gasteiger partial charge is 0.465 e. The number of rotatable bonds is 9. The lowest BCUT2D eigenvalue weighted by Gasteiger charge is -2.35. The Hall–Kier alpha value is -0.610. The van der Waals surface area contributed by atoms with Gasteiger partial charge in [0.05, 0.1) is 6.61 Å². The van der Waals surface area contributed by atoms with Crippen molar-refractivity contribution in [2.24, 2.45) is 0 Å². The zero-order valence-electron chi connectivity index (χ0n) is 13.8. The molecule has 0 aliphatic carbocycles. The first-order valence-corrected chi connectivity index (χ1v) is 7.31. The number of ether oxygens (including phenoxy) is 1. The maximum atomic E-state index is 11.9. The van der Waals surface area contributed by atoms with Gasteiger partial charge in [-0.3, -0.25) is 4.79 Å². The van der Waals surface area contributed by atoms with Gasteiger partial charge in [0.1, 0.15) is 5.54 Å². The van der Waals surface area contributed by atoms with Gasteiger partial charge < -0.3 is 15.0 Å². The Morgan fingerprint density at radius 2 is 1.84 bits per heavy atom. The summed E-state index contributed by atoms with van der Waals surface area (Å²) in [5.41, 5.74) is -0.368. The molecule has 0 fully saturated rings. The molecule has 4 heteroatoms. The summed E-state index contributed by atoms with van der Waals surface area (Å²) in [6, 6.07) is 0. The van der Waals surface area contributed by atoms with E-state index in [-0.39, 0.29) is 11.5 Å². The molecule has 0 spiro atoms. The van der Waals surface area contributed by atoms with Crippen LogP contribution in [0.3, 0.4) is 0 Å². The van der Waals surface area contributed by atoms with Gasteiger partial charge in [-0.1, -0.05) is 6.92 Å². The zero-order valence-corrected chi connectivity index (χ0v) is 13.8. The Morgan fingerprint density at radius 1 is 1.26 bits per heavy atom. The van der Waals surface area contributed by atoms with Gasteiger partial charge in [-0.15, -0.1) is 0 Å². The summed E-state index contributed by atoms with van der Waals surface area (Å²) < 4.78 is 5.13. The molecule has 0 aromatic rings. The third-order valence-electron chi connectivity index (χ3n) is 4.35. The molecule has 19 heavy (non-hydrogen) atoms. The molecular formula is C15H32N2O2. The number of hydrogen-bond acceptors (Lipinski definition) is 4. The van der Waals surface area contributed by atoms with Gasteiger partial charge in [-0.05, 0) is 67.6 Å². The smallest absolute Gasteiger partial charge is 0.326 e. The Bertz CT molecular complexity index is 279. The van der Waals surface area contributed by atoms with Crippen molar-refractivity contribution >= 4 is 5.97 Å². The highest BCUT2D eigenvalue weighted by Gasteiger charge is 2.32. The number of carbonyl (C=O) groups is 1. The highest BCUT2D eigenvalue weighted by molar-refractivity contribution is 5.80. The van der Waals surface area contributed by atoms with Crippen molar-refractivity contribution in [3.05, 3.63) is 0 Å². The molecule has 114 valence electrons. The Kier molecular flexibility index (Phi) is 7.60. The van der Waals surface area contributed by atoms with Crippen LogP contribution >= 0.6 is 0 Å². The Labute approximate surface area is 118 Å². The quantitative estimate of drug-likeness (QED) is 0.655. The molecule has 0 rings (SSSR count). The molecule has 0 aromatic carbocycles. The summed E-state index contributed by atoms with van der Waals surface area (Å²) in [4.78, 5) is 14.3. The standard InChI is InChI=1S/C15H32N2O2/c1-8-14(3,4)17(7)12-10-11-15(5,16-6)13(18)19-9-2/h16H,8-12H2,1-7H3. The maximum absolute atomic E-state index is 11.9. The van der Waals surface area contributed by atoms with Crippen molar-refractivity contribution in [2.45, 2.75) is 65.0 Å². The molecule has 0 radical (unpaired) electrons. The van der Waals surface area contributed by atoms with Crippen LogP contribution in [-0.4, -0.2) is 49.2 Å².